The van der Waals surface area contributed by atoms with Gasteiger partial charge in [-0.15, -0.1) is 0 Å². The van der Waals surface area contributed by atoms with Gasteiger partial charge >= 0.3 is 0 Å². The highest BCUT2D eigenvalue weighted by atomic mass is 32.2. The molecule has 1 unspecified atom stereocenters. The van der Waals surface area contributed by atoms with Crippen LogP contribution in [-0.2, 0) is 22.0 Å². The van der Waals surface area contributed by atoms with Crippen LogP contribution in [0.1, 0.15) is 23.1 Å². The molecule has 1 heterocycles. The second kappa shape index (κ2) is 3.46. The maximum atomic E-state index is 12.3. The zero-order valence-electron chi connectivity index (χ0n) is 10.3. The molecule has 0 amide bonds. The fourth-order valence-electron chi connectivity index (χ4n) is 3.39. The van der Waals surface area contributed by atoms with Gasteiger partial charge in [0.2, 0.25) is 10.0 Å². The summed E-state index contributed by atoms with van der Waals surface area (Å²) in [6.07, 6.45) is 1.70. The van der Waals surface area contributed by atoms with Crippen molar-refractivity contribution in [2.75, 3.05) is 0 Å². The van der Waals surface area contributed by atoms with Gasteiger partial charge in [-0.25, -0.2) is 8.42 Å². The summed E-state index contributed by atoms with van der Waals surface area (Å²) in [6.45, 7) is 0. The minimum atomic E-state index is -3.39. The topological polar surface area (TPSA) is 46.2 Å². The Bertz CT molecular complexity index is 782. The fourth-order valence-corrected chi connectivity index (χ4v) is 5.07. The van der Waals surface area contributed by atoms with Crippen LogP contribution in [0.15, 0.2) is 53.4 Å². The third kappa shape index (κ3) is 1.33. The summed E-state index contributed by atoms with van der Waals surface area (Å²) in [4.78, 5) is 0.423. The molecule has 2 aliphatic rings. The third-order valence-electron chi connectivity index (χ3n) is 4.19. The Morgan fingerprint density at radius 2 is 1.63 bits per heavy atom. The monoisotopic (exact) mass is 271 g/mol. The van der Waals surface area contributed by atoms with Gasteiger partial charge in [-0.1, -0.05) is 42.5 Å². The first-order valence-corrected chi connectivity index (χ1v) is 7.84. The van der Waals surface area contributed by atoms with Gasteiger partial charge in [0, 0.05) is 0 Å². The lowest BCUT2D eigenvalue weighted by Gasteiger charge is -2.25. The first-order valence-electron chi connectivity index (χ1n) is 6.35. The number of nitrogens with one attached hydrogen (secondary N) is 1. The van der Waals surface area contributed by atoms with Crippen LogP contribution in [0.25, 0.3) is 0 Å². The maximum Gasteiger partial charge on any atom is 0.242 e. The van der Waals surface area contributed by atoms with Gasteiger partial charge in [0.15, 0.2) is 0 Å². The highest BCUT2D eigenvalue weighted by molar-refractivity contribution is 7.89. The third-order valence-corrected chi connectivity index (χ3v) is 5.74. The second-order valence-electron chi connectivity index (χ2n) is 5.16. The lowest BCUT2D eigenvalue weighted by molar-refractivity contribution is 0.482. The first kappa shape index (κ1) is 11.2. The van der Waals surface area contributed by atoms with E-state index in [9.17, 15) is 8.42 Å². The van der Waals surface area contributed by atoms with Crippen molar-refractivity contribution >= 4 is 10.0 Å². The number of rotatable bonds is 0. The lowest BCUT2D eigenvalue weighted by atomic mass is 9.85. The molecule has 1 aliphatic heterocycles. The highest BCUT2D eigenvalue weighted by Gasteiger charge is 2.50. The SMILES string of the molecule is O=S1(=O)NC2(CCc3ccccc32)c2ccccc21. The molecule has 2 aromatic rings. The van der Waals surface area contributed by atoms with Gasteiger partial charge in [0.1, 0.15) is 0 Å². The summed E-state index contributed by atoms with van der Waals surface area (Å²) in [5.74, 6) is 0. The molecule has 4 rings (SSSR count). The van der Waals surface area contributed by atoms with Gasteiger partial charge < -0.3 is 0 Å². The van der Waals surface area contributed by atoms with E-state index < -0.39 is 15.6 Å². The average molecular weight is 271 g/mol. The molecule has 19 heavy (non-hydrogen) atoms. The van der Waals surface area contributed by atoms with E-state index in [1.165, 1.54) is 5.56 Å². The van der Waals surface area contributed by atoms with Crippen LogP contribution >= 0.6 is 0 Å². The van der Waals surface area contributed by atoms with Crippen LogP contribution in [-0.4, -0.2) is 8.42 Å². The van der Waals surface area contributed by atoms with Crippen molar-refractivity contribution in [3.63, 3.8) is 0 Å². The number of fused-ring (bicyclic) bond motifs is 4. The number of hydrogen-bond donors (Lipinski definition) is 1. The summed E-state index contributed by atoms with van der Waals surface area (Å²) < 4.78 is 27.5. The Morgan fingerprint density at radius 3 is 2.47 bits per heavy atom. The Balaban J connectivity index is 2.06. The minimum Gasteiger partial charge on any atom is -0.207 e. The molecule has 96 valence electrons. The van der Waals surface area contributed by atoms with E-state index >= 15 is 0 Å². The Morgan fingerprint density at radius 1 is 0.947 bits per heavy atom. The van der Waals surface area contributed by atoms with Crippen LogP contribution in [0, 0.1) is 0 Å². The number of aryl methyl sites for hydroxylation is 1. The van der Waals surface area contributed by atoms with Crippen LogP contribution in [0.5, 0.6) is 0 Å². The molecule has 1 aliphatic carbocycles. The summed E-state index contributed by atoms with van der Waals surface area (Å²) in [7, 11) is -3.39. The van der Waals surface area contributed by atoms with Gasteiger partial charge in [0.05, 0.1) is 10.4 Å². The number of sulfonamides is 1. The normalized spacial score (nSPS) is 26.3. The van der Waals surface area contributed by atoms with E-state index in [0.717, 1.165) is 24.0 Å². The molecule has 0 saturated carbocycles. The molecule has 3 nitrogen and oxygen atoms in total. The zero-order chi connectivity index (χ0) is 13.1. The molecule has 0 saturated heterocycles. The average Bonchev–Trinajstić information content (AvgIpc) is 2.89. The Hall–Kier alpha value is -1.65. The lowest BCUT2D eigenvalue weighted by Crippen LogP contribution is -2.38. The maximum absolute atomic E-state index is 12.3. The van der Waals surface area contributed by atoms with Gasteiger partial charge in [-0.2, -0.15) is 4.72 Å². The van der Waals surface area contributed by atoms with Crippen LogP contribution < -0.4 is 4.72 Å². The minimum absolute atomic E-state index is 0.423. The van der Waals surface area contributed by atoms with E-state index in [1.54, 1.807) is 12.1 Å². The van der Waals surface area contributed by atoms with E-state index in [1.807, 2.05) is 30.3 Å². The summed E-state index contributed by atoms with van der Waals surface area (Å²) in [6, 6.07) is 15.4. The summed E-state index contributed by atoms with van der Waals surface area (Å²) in [5, 5.41) is 0. The van der Waals surface area contributed by atoms with E-state index in [4.69, 9.17) is 0 Å². The van der Waals surface area contributed by atoms with Crippen LogP contribution in [0.2, 0.25) is 0 Å². The molecule has 2 aromatic carbocycles. The molecule has 1 spiro atoms. The Labute approximate surface area is 112 Å². The van der Waals surface area contributed by atoms with Gasteiger partial charge in [0.25, 0.3) is 0 Å². The van der Waals surface area contributed by atoms with Crippen molar-refractivity contribution in [1.29, 1.82) is 0 Å². The molecule has 0 fully saturated rings. The largest absolute Gasteiger partial charge is 0.242 e. The second-order valence-corrected chi connectivity index (χ2v) is 6.81. The van der Waals surface area contributed by atoms with E-state index in [2.05, 4.69) is 10.8 Å². The summed E-state index contributed by atoms with van der Waals surface area (Å²) >= 11 is 0. The van der Waals surface area contributed by atoms with Gasteiger partial charge in [-0.3, -0.25) is 0 Å². The highest BCUT2D eigenvalue weighted by Crippen LogP contribution is 2.48. The molecular weight excluding hydrogens is 258 g/mol. The molecule has 1 N–H and O–H groups in total. The smallest absolute Gasteiger partial charge is 0.207 e. The summed E-state index contributed by atoms with van der Waals surface area (Å²) in [5.41, 5.74) is 2.68. The molecule has 1 atom stereocenters. The van der Waals surface area contributed by atoms with Crippen molar-refractivity contribution < 1.29 is 8.42 Å². The molecule has 0 radical (unpaired) electrons. The Kier molecular flexibility index (Phi) is 2.04. The van der Waals surface area contributed by atoms with Crippen LogP contribution in [0.4, 0.5) is 0 Å². The predicted octanol–water partition coefficient (Wildman–Crippen LogP) is 2.17. The zero-order valence-corrected chi connectivity index (χ0v) is 11.1. The van der Waals surface area contributed by atoms with Gasteiger partial charge in [-0.05, 0) is 35.6 Å². The number of benzene rings is 2. The molecular formula is C15H13NO2S. The van der Waals surface area contributed by atoms with Crippen molar-refractivity contribution in [3.05, 3.63) is 65.2 Å². The predicted molar refractivity (Wildman–Crippen MR) is 72.3 cm³/mol. The molecule has 0 aromatic heterocycles. The molecule has 0 bridgehead atoms. The first-order chi connectivity index (χ1) is 9.13. The molecule has 4 heteroatoms. The van der Waals surface area contributed by atoms with Crippen molar-refractivity contribution in [2.24, 2.45) is 0 Å². The van der Waals surface area contributed by atoms with Crippen molar-refractivity contribution in [3.8, 4) is 0 Å². The standard InChI is InChI=1S/C15H13NO2S/c17-19(18)14-8-4-3-7-13(14)15(16-19)10-9-11-5-1-2-6-12(11)15/h1-8,16H,9-10H2. The fraction of sp³-hybridized carbons (Fsp3) is 0.200. The van der Waals surface area contributed by atoms with E-state index in [0.29, 0.717) is 4.90 Å². The van der Waals surface area contributed by atoms with Crippen molar-refractivity contribution in [1.82, 2.24) is 4.72 Å². The quantitative estimate of drug-likeness (QED) is 0.798. The van der Waals surface area contributed by atoms with Crippen LogP contribution in [0.3, 0.4) is 0 Å². The van der Waals surface area contributed by atoms with Crippen molar-refractivity contribution in [2.45, 2.75) is 23.3 Å². The number of hydrogen-bond acceptors (Lipinski definition) is 2. The van der Waals surface area contributed by atoms with E-state index in [-0.39, 0.29) is 0 Å².